The lowest BCUT2D eigenvalue weighted by atomic mass is 9.47. The second-order valence-corrected chi connectivity index (χ2v) is 13.3. The van der Waals surface area contributed by atoms with Gasteiger partial charge in [-0.25, -0.2) is 0 Å². The maximum Gasteiger partial charge on any atom is 0.0588 e. The zero-order chi connectivity index (χ0) is 21.0. The first kappa shape index (κ1) is 22.4. The third-order valence-corrected chi connectivity index (χ3v) is 11.6. The summed E-state index contributed by atoms with van der Waals surface area (Å²) in [7, 11) is 0. The normalized spacial score (nSPS) is 47.9. The molecule has 4 aliphatic carbocycles. The van der Waals surface area contributed by atoms with Gasteiger partial charge in [-0.2, -0.15) is 0 Å². The number of alkyl halides is 1. The minimum Gasteiger partial charge on any atom is -0.393 e. The number of rotatable bonds is 5. The molecule has 0 heterocycles. The Morgan fingerprint density at radius 1 is 1.10 bits per heavy atom. The van der Waals surface area contributed by atoms with Crippen LogP contribution in [-0.4, -0.2) is 16.0 Å². The van der Waals surface area contributed by atoms with Gasteiger partial charge < -0.3 is 5.11 Å². The van der Waals surface area contributed by atoms with Gasteiger partial charge in [-0.3, -0.25) is 0 Å². The monoisotopic (exact) mass is 464 g/mol. The van der Waals surface area contributed by atoms with Crippen molar-refractivity contribution in [3.63, 3.8) is 0 Å². The van der Waals surface area contributed by atoms with E-state index in [-0.39, 0.29) is 11.5 Å². The number of allylic oxidation sites excluding steroid dienone is 1. The van der Waals surface area contributed by atoms with Crippen LogP contribution in [0, 0.1) is 46.3 Å². The molecule has 0 saturated heterocycles. The minimum absolute atomic E-state index is 0.147. The van der Waals surface area contributed by atoms with Gasteiger partial charge in [0.25, 0.3) is 0 Å². The standard InChI is InChI=1S/C27H45BrO/c1-17(2)7-6-8-18(3)22-11-12-23-21-10-9-19-15-20(29)16-25(28)27(19,5)24(21)13-14-26(22,23)4/h9,17-18,20-25,29H,6-8,10-16H2,1-5H3/t18-,20-,21+,22-,23+,24+,25?,26-,27+/m1/s1. The van der Waals surface area contributed by atoms with E-state index in [9.17, 15) is 5.11 Å². The van der Waals surface area contributed by atoms with E-state index in [1.165, 1.54) is 51.4 Å². The molecule has 0 amide bonds. The second-order valence-electron chi connectivity index (χ2n) is 12.2. The number of hydrogen-bond acceptors (Lipinski definition) is 1. The highest BCUT2D eigenvalue weighted by Crippen LogP contribution is 2.68. The molecule has 1 N–H and O–H groups in total. The lowest BCUT2D eigenvalue weighted by molar-refractivity contribution is -0.0542. The van der Waals surface area contributed by atoms with Crippen LogP contribution in [0.4, 0.5) is 0 Å². The topological polar surface area (TPSA) is 20.2 Å². The van der Waals surface area contributed by atoms with Crippen molar-refractivity contribution in [1.29, 1.82) is 0 Å². The summed E-state index contributed by atoms with van der Waals surface area (Å²) < 4.78 is 0. The van der Waals surface area contributed by atoms with Crippen LogP contribution in [0.25, 0.3) is 0 Å². The maximum absolute atomic E-state index is 10.4. The fraction of sp³-hybridized carbons (Fsp3) is 0.926. The largest absolute Gasteiger partial charge is 0.393 e. The van der Waals surface area contributed by atoms with E-state index in [0.717, 1.165) is 48.3 Å². The number of aliphatic hydroxyl groups is 1. The smallest absolute Gasteiger partial charge is 0.0588 e. The lowest BCUT2D eigenvalue weighted by Gasteiger charge is -2.59. The third-order valence-electron chi connectivity index (χ3n) is 10.3. The fourth-order valence-corrected chi connectivity index (χ4v) is 9.74. The molecule has 1 nitrogen and oxygen atoms in total. The Morgan fingerprint density at radius 3 is 2.59 bits per heavy atom. The highest BCUT2D eigenvalue weighted by Gasteiger charge is 2.60. The summed E-state index contributed by atoms with van der Waals surface area (Å²) in [6.07, 6.45) is 15.6. The van der Waals surface area contributed by atoms with Crippen LogP contribution in [-0.2, 0) is 0 Å². The van der Waals surface area contributed by atoms with Crippen molar-refractivity contribution in [2.45, 2.75) is 110 Å². The van der Waals surface area contributed by atoms with Crippen molar-refractivity contribution in [3.8, 4) is 0 Å². The predicted octanol–water partition coefficient (Wildman–Crippen LogP) is 7.76. The Balaban J connectivity index is 1.52. The Kier molecular flexibility index (Phi) is 6.38. The molecule has 0 bridgehead atoms. The van der Waals surface area contributed by atoms with Crippen molar-refractivity contribution in [1.82, 2.24) is 0 Å². The highest BCUT2D eigenvalue weighted by atomic mass is 79.9. The van der Waals surface area contributed by atoms with Crippen molar-refractivity contribution in [2.24, 2.45) is 46.3 Å². The van der Waals surface area contributed by atoms with Crippen LogP contribution in [0.5, 0.6) is 0 Å². The van der Waals surface area contributed by atoms with Gasteiger partial charge in [0.05, 0.1) is 6.10 Å². The van der Waals surface area contributed by atoms with Crippen LogP contribution in [0.15, 0.2) is 11.6 Å². The van der Waals surface area contributed by atoms with E-state index in [1.807, 2.05) is 0 Å². The molecule has 29 heavy (non-hydrogen) atoms. The molecule has 0 radical (unpaired) electrons. The van der Waals surface area contributed by atoms with Gasteiger partial charge >= 0.3 is 0 Å². The summed E-state index contributed by atoms with van der Waals surface area (Å²) in [5.74, 6) is 5.27. The summed E-state index contributed by atoms with van der Waals surface area (Å²) >= 11 is 4.05. The van der Waals surface area contributed by atoms with Crippen molar-refractivity contribution < 1.29 is 5.11 Å². The number of halogens is 1. The van der Waals surface area contributed by atoms with Gasteiger partial charge in [0.2, 0.25) is 0 Å². The minimum atomic E-state index is -0.147. The Bertz CT molecular complexity index is 626. The molecule has 166 valence electrons. The zero-order valence-electron chi connectivity index (χ0n) is 19.6. The van der Waals surface area contributed by atoms with Crippen LogP contribution in [0.1, 0.15) is 98.8 Å². The molecule has 0 aromatic carbocycles. The maximum atomic E-state index is 10.4. The van der Waals surface area contributed by atoms with Crippen LogP contribution in [0.2, 0.25) is 0 Å². The predicted molar refractivity (Wildman–Crippen MR) is 127 cm³/mol. The number of fused-ring (bicyclic) bond motifs is 5. The molecule has 0 aliphatic heterocycles. The van der Waals surface area contributed by atoms with Crippen molar-refractivity contribution in [2.75, 3.05) is 0 Å². The Labute approximate surface area is 188 Å². The summed E-state index contributed by atoms with van der Waals surface area (Å²) in [6, 6.07) is 0. The summed E-state index contributed by atoms with van der Waals surface area (Å²) in [4.78, 5) is 0.439. The first-order valence-corrected chi connectivity index (χ1v) is 13.6. The van der Waals surface area contributed by atoms with Gasteiger partial charge in [-0.05, 0) is 85.9 Å². The Morgan fingerprint density at radius 2 is 1.86 bits per heavy atom. The van der Waals surface area contributed by atoms with Crippen LogP contribution >= 0.6 is 15.9 Å². The molecule has 3 saturated carbocycles. The second kappa shape index (κ2) is 8.27. The summed E-state index contributed by atoms with van der Waals surface area (Å²) in [6.45, 7) is 12.5. The molecule has 1 unspecified atom stereocenters. The van der Waals surface area contributed by atoms with Crippen molar-refractivity contribution >= 4 is 15.9 Å². The van der Waals surface area contributed by atoms with E-state index in [0.29, 0.717) is 10.2 Å². The third kappa shape index (κ3) is 3.71. The van der Waals surface area contributed by atoms with E-state index in [4.69, 9.17) is 0 Å². The van der Waals surface area contributed by atoms with E-state index >= 15 is 0 Å². The molecule has 0 spiro atoms. The Hall–Kier alpha value is 0.180. The fourth-order valence-electron chi connectivity index (χ4n) is 8.68. The molecule has 3 fully saturated rings. The number of aliphatic hydroxyl groups excluding tert-OH is 1. The SMILES string of the molecule is CC(C)CCC[C@@H](C)[C@H]1CC[C@H]2[C@@H]3CC=C4C[C@@H](O)CC(Br)[C@]4(C)[C@H]3CC[C@]12C. The number of hydrogen-bond donors (Lipinski definition) is 1. The lowest BCUT2D eigenvalue weighted by Crippen LogP contribution is -2.54. The van der Waals surface area contributed by atoms with E-state index in [2.05, 4.69) is 56.6 Å². The van der Waals surface area contributed by atoms with Gasteiger partial charge in [-0.15, -0.1) is 0 Å². The molecule has 9 atom stereocenters. The molecule has 0 aromatic heterocycles. The molecular weight excluding hydrogens is 420 g/mol. The zero-order valence-corrected chi connectivity index (χ0v) is 21.2. The van der Waals surface area contributed by atoms with Gasteiger partial charge in [0.15, 0.2) is 0 Å². The average Bonchev–Trinajstić information content (AvgIpc) is 3.00. The van der Waals surface area contributed by atoms with Crippen LogP contribution < -0.4 is 0 Å². The molecular formula is C27H45BrO. The molecule has 0 aromatic rings. The molecule has 2 heteroatoms. The molecule has 4 aliphatic rings. The first-order valence-electron chi connectivity index (χ1n) is 12.7. The van der Waals surface area contributed by atoms with E-state index < -0.39 is 0 Å². The summed E-state index contributed by atoms with van der Waals surface area (Å²) in [5.41, 5.74) is 2.40. The highest BCUT2D eigenvalue weighted by molar-refractivity contribution is 9.09. The average molecular weight is 466 g/mol. The van der Waals surface area contributed by atoms with Crippen molar-refractivity contribution in [3.05, 3.63) is 11.6 Å². The van der Waals surface area contributed by atoms with Gasteiger partial charge in [0.1, 0.15) is 0 Å². The quantitative estimate of drug-likeness (QED) is 0.325. The first-order chi connectivity index (χ1) is 13.7. The van der Waals surface area contributed by atoms with Gasteiger partial charge in [-0.1, -0.05) is 81.5 Å². The van der Waals surface area contributed by atoms with Gasteiger partial charge in [0, 0.05) is 10.2 Å². The van der Waals surface area contributed by atoms with E-state index in [1.54, 1.807) is 5.57 Å². The van der Waals surface area contributed by atoms with Crippen LogP contribution in [0.3, 0.4) is 0 Å². The molecule has 4 rings (SSSR count). The summed E-state index contributed by atoms with van der Waals surface area (Å²) in [5, 5.41) is 10.4.